The number of halogens is 3. The van der Waals surface area contributed by atoms with E-state index in [1.54, 1.807) is 18.2 Å². The highest BCUT2D eigenvalue weighted by Gasteiger charge is 2.40. The topological polar surface area (TPSA) is 52.7 Å². The molecule has 0 radical (unpaired) electrons. The molecule has 1 heterocycles. The van der Waals surface area contributed by atoms with Gasteiger partial charge in [0.2, 0.25) is 0 Å². The number of sulfone groups is 1. The van der Waals surface area contributed by atoms with Crippen molar-refractivity contribution >= 4 is 21.2 Å². The molecule has 1 saturated heterocycles. The summed E-state index contributed by atoms with van der Waals surface area (Å²) in [7, 11) is -3.54. The number of nitrogens with zero attached hydrogens (tertiary/aromatic N) is 2. The van der Waals surface area contributed by atoms with E-state index in [1.165, 1.54) is 18.1 Å². The van der Waals surface area contributed by atoms with Gasteiger partial charge in [0.1, 0.15) is 6.04 Å². The van der Waals surface area contributed by atoms with E-state index >= 15 is 0 Å². The first-order chi connectivity index (χ1) is 17.0. The van der Waals surface area contributed by atoms with Gasteiger partial charge in [-0.15, -0.1) is 0 Å². The molecule has 1 aliphatic rings. The van der Waals surface area contributed by atoms with Crippen molar-refractivity contribution < 1.29 is 21.6 Å². The molecule has 36 heavy (non-hydrogen) atoms. The molecule has 9 heteroatoms. The van der Waals surface area contributed by atoms with Crippen LogP contribution >= 0.6 is 0 Å². The molecule has 1 N–H and O–H groups in total. The van der Waals surface area contributed by atoms with Gasteiger partial charge in [0, 0.05) is 38.1 Å². The molecular formula is C27H30F3N3O2S. The SMILES string of the molecule is CC(N1CCN(c2ccc(S(C)(=O)=O)c(NC(c3ccccc3)c3ccccc3)c2)CC1)C(F)(F)F. The Kier molecular flexibility index (Phi) is 7.61. The van der Waals surface area contributed by atoms with Crippen molar-refractivity contribution in [2.24, 2.45) is 0 Å². The van der Waals surface area contributed by atoms with Crippen LogP contribution in [0.15, 0.2) is 83.8 Å². The Morgan fingerprint density at radius 1 is 0.833 bits per heavy atom. The summed E-state index contributed by atoms with van der Waals surface area (Å²) in [6.07, 6.45) is -3.09. The Morgan fingerprint density at radius 2 is 1.36 bits per heavy atom. The van der Waals surface area contributed by atoms with E-state index in [1.807, 2.05) is 65.6 Å². The van der Waals surface area contributed by atoms with Gasteiger partial charge in [0.25, 0.3) is 0 Å². The van der Waals surface area contributed by atoms with Crippen molar-refractivity contribution in [2.45, 2.75) is 30.1 Å². The van der Waals surface area contributed by atoms with Gasteiger partial charge >= 0.3 is 6.18 Å². The third-order valence-electron chi connectivity index (χ3n) is 6.63. The predicted octanol–water partition coefficient (Wildman–Crippen LogP) is 5.36. The van der Waals surface area contributed by atoms with Crippen molar-refractivity contribution in [3.63, 3.8) is 0 Å². The van der Waals surface area contributed by atoms with E-state index in [2.05, 4.69) is 5.32 Å². The number of alkyl halides is 3. The minimum Gasteiger partial charge on any atom is -0.373 e. The largest absolute Gasteiger partial charge is 0.403 e. The standard InChI is InChI=1S/C27H30F3N3O2S/c1-20(27(28,29)30)32-15-17-33(18-16-32)23-13-14-25(36(2,34)35)24(19-23)31-26(21-9-5-3-6-10-21)22-11-7-4-8-12-22/h3-14,19-20,26,31H,15-18H2,1-2H3. The van der Waals surface area contributed by atoms with Crippen LogP contribution in [0.2, 0.25) is 0 Å². The maximum absolute atomic E-state index is 13.1. The van der Waals surface area contributed by atoms with Gasteiger partial charge in [-0.25, -0.2) is 8.42 Å². The third kappa shape index (κ3) is 6.02. The van der Waals surface area contributed by atoms with Crippen LogP contribution in [0.1, 0.15) is 24.1 Å². The lowest BCUT2D eigenvalue weighted by atomic mass is 9.98. The maximum atomic E-state index is 13.1. The Balaban J connectivity index is 1.65. The van der Waals surface area contributed by atoms with Crippen molar-refractivity contribution in [1.29, 1.82) is 0 Å². The van der Waals surface area contributed by atoms with E-state index in [4.69, 9.17) is 0 Å². The lowest BCUT2D eigenvalue weighted by Crippen LogP contribution is -2.53. The highest BCUT2D eigenvalue weighted by atomic mass is 32.2. The molecule has 0 amide bonds. The van der Waals surface area contributed by atoms with Gasteiger partial charge in [-0.1, -0.05) is 60.7 Å². The fourth-order valence-corrected chi connectivity index (χ4v) is 5.36. The lowest BCUT2D eigenvalue weighted by molar-refractivity contribution is -0.179. The summed E-state index contributed by atoms with van der Waals surface area (Å²) in [5.41, 5.74) is 3.18. The molecule has 1 fully saturated rings. The van der Waals surface area contributed by atoms with Gasteiger partial charge in [-0.05, 0) is 36.2 Å². The van der Waals surface area contributed by atoms with Crippen LogP contribution in [0.4, 0.5) is 24.5 Å². The molecule has 5 nitrogen and oxygen atoms in total. The number of hydrogen-bond donors (Lipinski definition) is 1. The van der Waals surface area contributed by atoms with Crippen LogP contribution in [0.5, 0.6) is 0 Å². The summed E-state index contributed by atoms with van der Waals surface area (Å²) in [6, 6.07) is 22.8. The molecule has 0 bridgehead atoms. The summed E-state index contributed by atoms with van der Waals surface area (Å²) < 4.78 is 64.7. The molecule has 0 spiro atoms. The third-order valence-corrected chi connectivity index (χ3v) is 7.78. The number of hydrogen-bond acceptors (Lipinski definition) is 5. The van der Waals surface area contributed by atoms with E-state index in [0.29, 0.717) is 18.8 Å². The number of anilines is 2. The summed E-state index contributed by atoms with van der Waals surface area (Å²) in [4.78, 5) is 3.60. The summed E-state index contributed by atoms with van der Waals surface area (Å²) in [5.74, 6) is 0. The number of piperazine rings is 1. The molecule has 3 aromatic rings. The van der Waals surface area contributed by atoms with Gasteiger partial charge < -0.3 is 10.2 Å². The zero-order valence-corrected chi connectivity index (χ0v) is 21.1. The second-order valence-electron chi connectivity index (χ2n) is 9.09. The van der Waals surface area contributed by atoms with Crippen LogP contribution in [0.3, 0.4) is 0 Å². The van der Waals surface area contributed by atoms with Crippen molar-refractivity contribution in [3.8, 4) is 0 Å². The maximum Gasteiger partial charge on any atom is 0.403 e. The number of rotatable bonds is 7. The fraction of sp³-hybridized carbons (Fsp3) is 0.333. The van der Waals surface area contributed by atoms with Gasteiger partial charge in [0.15, 0.2) is 9.84 Å². The molecule has 0 saturated carbocycles. The average molecular weight is 518 g/mol. The summed E-state index contributed by atoms with van der Waals surface area (Å²) >= 11 is 0. The van der Waals surface area contributed by atoms with E-state index in [-0.39, 0.29) is 24.0 Å². The molecule has 4 rings (SSSR count). The highest BCUT2D eigenvalue weighted by Crippen LogP contribution is 2.34. The summed E-state index contributed by atoms with van der Waals surface area (Å²) in [5, 5.41) is 3.45. The second-order valence-corrected chi connectivity index (χ2v) is 11.1. The fourth-order valence-electron chi connectivity index (χ4n) is 4.53. The molecule has 1 atom stereocenters. The highest BCUT2D eigenvalue weighted by molar-refractivity contribution is 7.90. The van der Waals surface area contributed by atoms with Crippen molar-refractivity contribution in [3.05, 3.63) is 90.0 Å². The Bertz CT molecular complexity index is 1220. The normalized spacial score (nSPS) is 16.2. The Morgan fingerprint density at radius 3 is 1.83 bits per heavy atom. The van der Waals surface area contributed by atoms with Gasteiger partial charge in [0.05, 0.1) is 16.6 Å². The molecule has 3 aromatic carbocycles. The second kappa shape index (κ2) is 10.5. The minimum absolute atomic E-state index is 0.174. The van der Waals surface area contributed by atoms with E-state index in [0.717, 1.165) is 16.8 Å². The van der Waals surface area contributed by atoms with Crippen LogP contribution in [-0.4, -0.2) is 58.0 Å². The zero-order chi connectivity index (χ0) is 25.9. The zero-order valence-electron chi connectivity index (χ0n) is 20.2. The molecule has 0 aliphatic carbocycles. The monoisotopic (exact) mass is 517 g/mol. The Labute approximate surface area is 210 Å². The van der Waals surface area contributed by atoms with E-state index < -0.39 is 22.1 Å². The molecule has 1 unspecified atom stereocenters. The number of benzene rings is 3. The minimum atomic E-state index is -4.26. The molecule has 1 aliphatic heterocycles. The van der Waals surface area contributed by atoms with Crippen LogP contribution < -0.4 is 10.2 Å². The van der Waals surface area contributed by atoms with Crippen molar-refractivity contribution in [2.75, 3.05) is 42.7 Å². The Hall–Kier alpha value is -3.04. The molecule has 192 valence electrons. The quantitative estimate of drug-likeness (QED) is 0.457. The van der Waals surface area contributed by atoms with Crippen LogP contribution in [0, 0.1) is 0 Å². The first-order valence-corrected chi connectivity index (χ1v) is 13.7. The lowest BCUT2D eigenvalue weighted by Gasteiger charge is -2.39. The van der Waals surface area contributed by atoms with Crippen molar-refractivity contribution in [1.82, 2.24) is 4.90 Å². The molecule has 0 aromatic heterocycles. The first kappa shape index (κ1) is 26.0. The average Bonchev–Trinajstić information content (AvgIpc) is 2.86. The number of nitrogens with one attached hydrogen (secondary N) is 1. The van der Waals surface area contributed by atoms with Gasteiger partial charge in [-0.3, -0.25) is 4.90 Å². The molecular weight excluding hydrogens is 487 g/mol. The van der Waals surface area contributed by atoms with Crippen LogP contribution in [0.25, 0.3) is 0 Å². The van der Waals surface area contributed by atoms with E-state index in [9.17, 15) is 21.6 Å². The smallest absolute Gasteiger partial charge is 0.373 e. The van der Waals surface area contributed by atoms with Crippen LogP contribution in [-0.2, 0) is 9.84 Å². The first-order valence-electron chi connectivity index (χ1n) is 11.8. The summed E-state index contributed by atoms with van der Waals surface area (Å²) in [6.45, 7) is 2.56. The van der Waals surface area contributed by atoms with Gasteiger partial charge in [-0.2, -0.15) is 13.2 Å². The predicted molar refractivity (Wildman–Crippen MR) is 137 cm³/mol.